The zero-order valence-corrected chi connectivity index (χ0v) is 10.8. The van der Waals surface area contributed by atoms with Crippen LogP contribution in [0.2, 0.25) is 0 Å². The van der Waals surface area contributed by atoms with Gasteiger partial charge in [0.05, 0.1) is 0 Å². The summed E-state index contributed by atoms with van der Waals surface area (Å²) in [7, 11) is 0. The van der Waals surface area contributed by atoms with Crippen LogP contribution in [0.15, 0.2) is 29.2 Å². The van der Waals surface area contributed by atoms with Crippen molar-refractivity contribution in [3.63, 3.8) is 0 Å². The summed E-state index contributed by atoms with van der Waals surface area (Å²) in [5.74, 6) is -2.42. The number of thioether (sulfide) groups is 1. The van der Waals surface area contributed by atoms with E-state index in [4.69, 9.17) is 0 Å². The van der Waals surface area contributed by atoms with E-state index in [2.05, 4.69) is 0 Å². The lowest BCUT2D eigenvalue weighted by Crippen LogP contribution is -2.35. The second-order valence-corrected chi connectivity index (χ2v) is 5.32. The third-order valence-electron chi connectivity index (χ3n) is 2.97. The number of hydrogen-bond acceptors (Lipinski definition) is 2. The molecule has 1 aromatic rings. The molecular weight excluding hydrogens is 256 g/mol. The number of carbonyl (C=O) groups is 1. The number of nitrogens with zero attached hydrogens (tertiary/aromatic N) is 1. The molecule has 0 aromatic heterocycles. The molecule has 1 heterocycles. The molecular formula is C13H15F2NOS. The normalized spacial score (nSPS) is 16.1. The highest BCUT2D eigenvalue weighted by Crippen LogP contribution is 2.25. The van der Waals surface area contributed by atoms with Crippen molar-refractivity contribution in [3.8, 4) is 0 Å². The summed E-state index contributed by atoms with van der Waals surface area (Å²) >= 11 is 0.496. The molecule has 98 valence electrons. The number of hydrogen-bond donors (Lipinski definition) is 0. The smallest absolute Gasteiger partial charge is 0.288 e. The first-order chi connectivity index (χ1) is 8.66. The molecule has 0 unspecified atom stereocenters. The van der Waals surface area contributed by atoms with Crippen molar-refractivity contribution < 1.29 is 13.6 Å². The Morgan fingerprint density at radius 2 is 1.72 bits per heavy atom. The van der Waals surface area contributed by atoms with Crippen LogP contribution in [-0.4, -0.2) is 29.7 Å². The summed E-state index contributed by atoms with van der Waals surface area (Å²) in [5.41, 5.74) is 0.579. The summed E-state index contributed by atoms with van der Waals surface area (Å²) in [6.45, 7) is 1.60. The van der Waals surface area contributed by atoms with E-state index in [0.29, 0.717) is 22.2 Å². The van der Waals surface area contributed by atoms with Gasteiger partial charge in [-0.25, -0.2) is 0 Å². The second-order valence-electron chi connectivity index (χ2n) is 4.26. The zero-order valence-electron chi connectivity index (χ0n) is 9.94. The van der Waals surface area contributed by atoms with Crippen LogP contribution in [0.5, 0.6) is 0 Å². The summed E-state index contributed by atoms with van der Waals surface area (Å²) in [4.78, 5) is 14.4. The highest BCUT2D eigenvalue weighted by atomic mass is 32.2. The third-order valence-corrected chi connectivity index (χ3v) is 3.69. The van der Waals surface area contributed by atoms with Gasteiger partial charge < -0.3 is 4.90 Å². The van der Waals surface area contributed by atoms with Gasteiger partial charge in [-0.3, -0.25) is 4.79 Å². The molecule has 1 aliphatic heterocycles. The van der Waals surface area contributed by atoms with Crippen LogP contribution in [-0.2, 0) is 0 Å². The van der Waals surface area contributed by atoms with Gasteiger partial charge in [0, 0.05) is 23.5 Å². The van der Waals surface area contributed by atoms with Crippen molar-refractivity contribution >= 4 is 17.7 Å². The molecule has 5 heteroatoms. The van der Waals surface area contributed by atoms with Crippen LogP contribution in [0.3, 0.4) is 0 Å². The Morgan fingerprint density at radius 3 is 2.28 bits per heavy atom. The number of rotatable bonds is 3. The summed E-state index contributed by atoms with van der Waals surface area (Å²) < 4.78 is 24.3. The molecule has 1 saturated heterocycles. The Labute approximate surface area is 109 Å². The minimum absolute atomic E-state index is 0.00305. The minimum Gasteiger partial charge on any atom is -0.339 e. The van der Waals surface area contributed by atoms with E-state index >= 15 is 0 Å². The molecule has 2 rings (SSSR count). The maximum Gasteiger partial charge on any atom is 0.288 e. The van der Waals surface area contributed by atoms with Crippen molar-refractivity contribution in [1.82, 2.24) is 4.90 Å². The lowest BCUT2D eigenvalue weighted by Gasteiger charge is -2.26. The number of carbonyl (C=O) groups excluding carboxylic acids is 1. The van der Waals surface area contributed by atoms with E-state index in [1.54, 1.807) is 24.3 Å². The number of amides is 1. The van der Waals surface area contributed by atoms with Gasteiger partial charge in [-0.1, -0.05) is 11.8 Å². The zero-order chi connectivity index (χ0) is 13.0. The monoisotopic (exact) mass is 271 g/mol. The van der Waals surface area contributed by atoms with Crippen LogP contribution < -0.4 is 0 Å². The predicted molar refractivity (Wildman–Crippen MR) is 68.1 cm³/mol. The van der Waals surface area contributed by atoms with E-state index in [-0.39, 0.29) is 5.91 Å². The highest BCUT2D eigenvalue weighted by molar-refractivity contribution is 7.99. The first-order valence-corrected chi connectivity index (χ1v) is 6.89. The molecule has 0 atom stereocenters. The molecule has 1 aromatic carbocycles. The Bertz CT molecular complexity index is 402. The second kappa shape index (κ2) is 6.18. The molecule has 0 bridgehead atoms. The number of halogens is 2. The molecule has 0 spiro atoms. The fourth-order valence-corrected chi connectivity index (χ4v) is 2.56. The average Bonchev–Trinajstić information content (AvgIpc) is 2.39. The number of piperidine rings is 1. The third kappa shape index (κ3) is 3.45. The Kier molecular flexibility index (Phi) is 4.58. The van der Waals surface area contributed by atoms with Gasteiger partial charge in [-0.15, -0.1) is 0 Å². The van der Waals surface area contributed by atoms with Gasteiger partial charge in [-0.2, -0.15) is 8.78 Å². The van der Waals surface area contributed by atoms with Gasteiger partial charge in [0.1, 0.15) is 0 Å². The van der Waals surface area contributed by atoms with Gasteiger partial charge in [0.15, 0.2) is 0 Å². The molecule has 0 N–H and O–H groups in total. The highest BCUT2D eigenvalue weighted by Gasteiger charge is 2.18. The number of alkyl halides is 2. The van der Waals surface area contributed by atoms with Crippen LogP contribution in [0, 0.1) is 0 Å². The summed E-state index contributed by atoms with van der Waals surface area (Å²) in [5, 5.41) is 0. The van der Waals surface area contributed by atoms with Gasteiger partial charge >= 0.3 is 0 Å². The minimum atomic E-state index is -2.42. The molecule has 1 fully saturated rings. The van der Waals surface area contributed by atoms with E-state index < -0.39 is 5.76 Å². The fraction of sp³-hybridized carbons (Fsp3) is 0.462. The molecule has 0 aliphatic carbocycles. The molecule has 0 radical (unpaired) electrons. The topological polar surface area (TPSA) is 20.3 Å². The van der Waals surface area contributed by atoms with Crippen LogP contribution in [0.4, 0.5) is 8.78 Å². The van der Waals surface area contributed by atoms with Crippen molar-refractivity contribution in [1.29, 1.82) is 0 Å². The van der Waals surface area contributed by atoms with Crippen molar-refractivity contribution in [3.05, 3.63) is 29.8 Å². The Balaban J connectivity index is 2.02. The fourth-order valence-electron chi connectivity index (χ4n) is 2.06. The number of benzene rings is 1. The first kappa shape index (κ1) is 13.3. The molecule has 1 aliphatic rings. The van der Waals surface area contributed by atoms with E-state index in [1.165, 1.54) is 6.42 Å². The van der Waals surface area contributed by atoms with Crippen molar-refractivity contribution in [2.45, 2.75) is 29.9 Å². The molecule has 2 nitrogen and oxygen atoms in total. The van der Waals surface area contributed by atoms with Gasteiger partial charge in [0.2, 0.25) is 0 Å². The largest absolute Gasteiger partial charge is 0.339 e. The van der Waals surface area contributed by atoms with E-state index in [1.807, 2.05) is 4.90 Å². The lowest BCUT2D eigenvalue weighted by molar-refractivity contribution is 0.0724. The molecule has 1 amide bonds. The molecule has 18 heavy (non-hydrogen) atoms. The van der Waals surface area contributed by atoms with Crippen molar-refractivity contribution in [2.75, 3.05) is 13.1 Å². The molecule has 0 saturated carbocycles. The van der Waals surface area contributed by atoms with E-state index in [9.17, 15) is 13.6 Å². The predicted octanol–water partition coefficient (Wildman–Crippen LogP) is 3.63. The van der Waals surface area contributed by atoms with Crippen molar-refractivity contribution in [2.24, 2.45) is 0 Å². The van der Waals surface area contributed by atoms with Crippen LogP contribution >= 0.6 is 11.8 Å². The van der Waals surface area contributed by atoms with Crippen LogP contribution in [0.1, 0.15) is 29.6 Å². The van der Waals surface area contributed by atoms with Gasteiger partial charge in [0.25, 0.3) is 11.7 Å². The quantitative estimate of drug-likeness (QED) is 0.782. The van der Waals surface area contributed by atoms with E-state index in [0.717, 1.165) is 25.9 Å². The SMILES string of the molecule is O=C(c1ccc(SC(F)F)cc1)N1CCCCC1. The maximum absolute atomic E-state index is 12.2. The Morgan fingerprint density at radius 1 is 1.11 bits per heavy atom. The lowest BCUT2D eigenvalue weighted by atomic mass is 10.1. The van der Waals surface area contributed by atoms with Crippen LogP contribution in [0.25, 0.3) is 0 Å². The van der Waals surface area contributed by atoms with Gasteiger partial charge in [-0.05, 0) is 43.5 Å². The maximum atomic E-state index is 12.2. The number of likely N-dealkylation sites (tertiary alicyclic amines) is 1. The Hall–Kier alpha value is -1.10. The standard InChI is InChI=1S/C13H15F2NOS/c14-13(15)18-11-6-4-10(5-7-11)12(17)16-8-2-1-3-9-16/h4-7,13H,1-3,8-9H2. The first-order valence-electron chi connectivity index (χ1n) is 6.01. The average molecular weight is 271 g/mol. The summed E-state index contributed by atoms with van der Waals surface area (Å²) in [6, 6.07) is 6.41. The summed E-state index contributed by atoms with van der Waals surface area (Å²) in [6.07, 6.45) is 3.27.